The number of hydrogen-bond acceptors (Lipinski definition) is 6. The zero-order chi connectivity index (χ0) is 16.9. The Hall–Kier alpha value is -2.73. The van der Waals surface area contributed by atoms with Crippen molar-refractivity contribution < 1.29 is 9.26 Å². The van der Waals surface area contributed by atoms with E-state index in [1.807, 2.05) is 43.6 Å². The topological polar surface area (TPSA) is 73.1 Å². The number of nitrogens with zero attached hydrogens (tertiary/aromatic N) is 3. The van der Waals surface area contributed by atoms with E-state index in [2.05, 4.69) is 27.4 Å². The maximum absolute atomic E-state index is 5.37. The summed E-state index contributed by atoms with van der Waals surface area (Å²) in [5, 5.41) is 7.19. The van der Waals surface area contributed by atoms with Crippen LogP contribution in [0, 0.1) is 0 Å². The van der Waals surface area contributed by atoms with E-state index in [1.54, 1.807) is 13.3 Å². The van der Waals surface area contributed by atoms with Gasteiger partial charge in [0.25, 0.3) is 5.89 Å². The quantitative estimate of drug-likeness (QED) is 0.751. The number of ether oxygens (including phenoxy) is 1. The van der Waals surface area contributed by atoms with Crippen LogP contribution >= 0.6 is 0 Å². The van der Waals surface area contributed by atoms with Crippen LogP contribution in [0.15, 0.2) is 47.2 Å². The van der Waals surface area contributed by atoms with Crippen LogP contribution in [0.5, 0.6) is 5.75 Å². The van der Waals surface area contributed by atoms with Crippen LogP contribution in [0.4, 0.5) is 0 Å². The van der Waals surface area contributed by atoms with Crippen molar-refractivity contribution in [3.8, 4) is 28.3 Å². The van der Waals surface area contributed by atoms with E-state index in [0.29, 0.717) is 24.2 Å². The van der Waals surface area contributed by atoms with Gasteiger partial charge in [0.1, 0.15) is 5.75 Å². The summed E-state index contributed by atoms with van der Waals surface area (Å²) in [5.41, 5.74) is 2.84. The van der Waals surface area contributed by atoms with Gasteiger partial charge in [-0.1, -0.05) is 17.3 Å². The average molecular weight is 324 g/mol. The predicted octanol–water partition coefficient (Wildman–Crippen LogP) is 2.96. The smallest absolute Gasteiger partial charge is 0.259 e. The molecule has 1 unspecified atom stereocenters. The lowest BCUT2D eigenvalue weighted by atomic mass is 10.1. The van der Waals surface area contributed by atoms with Crippen molar-refractivity contribution in [3.63, 3.8) is 0 Å². The highest BCUT2D eigenvalue weighted by Crippen LogP contribution is 2.26. The van der Waals surface area contributed by atoms with Gasteiger partial charge >= 0.3 is 0 Å². The van der Waals surface area contributed by atoms with Crippen molar-refractivity contribution in [1.82, 2.24) is 20.4 Å². The number of hydrogen-bond donors (Lipinski definition) is 1. The van der Waals surface area contributed by atoms with Crippen molar-refractivity contribution in [1.29, 1.82) is 0 Å². The lowest BCUT2D eigenvalue weighted by Gasteiger charge is -2.05. The molecular weight excluding hydrogens is 304 g/mol. The second-order valence-electron chi connectivity index (χ2n) is 5.60. The second kappa shape index (κ2) is 7.23. The Labute approximate surface area is 140 Å². The molecule has 24 heavy (non-hydrogen) atoms. The fourth-order valence-electron chi connectivity index (χ4n) is 2.33. The molecule has 1 N–H and O–H groups in total. The Morgan fingerprint density at radius 1 is 1.12 bits per heavy atom. The lowest BCUT2D eigenvalue weighted by molar-refractivity contribution is 0.415. The molecule has 0 spiro atoms. The third-order valence-corrected chi connectivity index (χ3v) is 3.86. The Kier molecular flexibility index (Phi) is 4.86. The van der Waals surface area contributed by atoms with Gasteiger partial charge in [-0.05, 0) is 37.7 Å². The van der Waals surface area contributed by atoms with Crippen molar-refractivity contribution in [2.24, 2.45) is 0 Å². The summed E-state index contributed by atoms with van der Waals surface area (Å²) in [6.07, 6.45) is 4.25. The first kappa shape index (κ1) is 16.1. The number of methoxy groups -OCH3 is 1. The van der Waals surface area contributed by atoms with Crippen molar-refractivity contribution >= 4 is 0 Å². The monoisotopic (exact) mass is 324 g/mol. The average Bonchev–Trinajstić information content (AvgIpc) is 3.10. The van der Waals surface area contributed by atoms with E-state index in [-0.39, 0.29) is 0 Å². The molecule has 0 amide bonds. The van der Waals surface area contributed by atoms with Crippen molar-refractivity contribution in [2.75, 3.05) is 14.2 Å². The number of nitrogens with one attached hydrogen (secondary N) is 1. The summed E-state index contributed by atoms with van der Waals surface area (Å²) >= 11 is 0. The summed E-state index contributed by atoms with van der Waals surface area (Å²) < 4.78 is 10.6. The van der Waals surface area contributed by atoms with Crippen LogP contribution in [-0.2, 0) is 6.42 Å². The molecule has 0 bridgehead atoms. The van der Waals surface area contributed by atoms with E-state index in [9.17, 15) is 0 Å². The van der Waals surface area contributed by atoms with Crippen molar-refractivity contribution in [3.05, 3.63) is 48.5 Å². The van der Waals surface area contributed by atoms with E-state index in [1.165, 1.54) is 0 Å². The SMILES string of the molecule is CNC(C)Cc1noc(-c2cncc(-c3ccc(OC)cc3)c2)n1. The maximum atomic E-state index is 5.37. The van der Waals surface area contributed by atoms with Gasteiger partial charge in [0.05, 0.1) is 12.7 Å². The highest BCUT2D eigenvalue weighted by atomic mass is 16.5. The van der Waals surface area contributed by atoms with Gasteiger partial charge < -0.3 is 14.6 Å². The van der Waals surface area contributed by atoms with Crippen LogP contribution in [0.25, 0.3) is 22.6 Å². The molecule has 0 saturated carbocycles. The number of benzene rings is 1. The summed E-state index contributed by atoms with van der Waals surface area (Å²) in [5.74, 6) is 1.99. The Morgan fingerprint density at radius 3 is 2.58 bits per heavy atom. The first-order valence-corrected chi connectivity index (χ1v) is 7.79. The van der Waals surface area contributed by atoms with Gasteiger partial charge in [0.15, 0.2) is 5.82 Å². The van der Waals surface area contributed by atoms with Gasteiger partial charge in [-0.3, -0.25) is 4.98 Å². The molecule has 2 heterocycles. The van der Waals surface area contributed by atoms with E-state index < -0.39 is 0 Å². The molecule has 2 aromatic heterocycles. The molecule has 0 fully saturated rings. The predicted molar refractivity (Wildman–Crippen MR) is 91.7 cm³/mol. The second-order valence-corrected chi connectivity index (χ2v) is 5.60. The Balaban J connectivity index is 1.84. The molecule has 0 aliphatic carbocycles. The van der Waals surface area contributed by atoms with Gasteiger partial charge in [-0.15, -0.1) is 0 Å². The fraction of sp³-hybridized carbons (Fsp3) is 0.278. The highest BCUT2D eigenvalue weighted by Gasteiger charge is 2.12. The van der Waals surface area contributed by atoms with Gasteiger partial charge in [0.2, 0.25) is 0 Å². The molecule has 3 rings (SSSR count). The largest absolute Gasteiger partial charge is 0.497 e. The Morgan fingerprint density at radius 2 is 1.88 bits per heavy atom. The molecule has 1 atom stereocenters. The summed E-state index contributed by atoms with van der Waals surface area (Å²) in [6.45, 7) is 2.07. The minimum Gasteiger partial charge on any atom is -0.497 e. The molecule has 0 radical (unpaired) electrons. The molecule has 0 saturated heterocycles. The van der Waals surface area contributed by atoms with Crippen LogP contribution in [0.1, 0.15) is 12.7 Å². The molecule has 3 aromatic rings. The van der Waals surface area contributed by atoms with Crippen LogP contribution in [-0.4, -0.2) is 35.3 Å². The van der Waals surface area contributed by atoms with Crippen molar-refractivity contribution in [2.45, 2.75) is 19.4 Å². The maximum Gasteiger partial charge on any atom is 0.259 e. The summed E-state index contributed by atoms with van der Waals surface area (Å²) in [4.78, 5) is 8.75. The third kappa shape index (κ3) is 3.60. The van der Waals surface area contributed by atoms with E-state index >= 15 is 0 Å². The minimum atomic E-state index is 0.291. The molecule has 1 aromatic carbocycles. The number of pyridine rings is 1. The third-order valence-electron chi connectivity index (χ3n) is 3.86. The fourth-order valence-corrected chi connectivity index (χ4v) is 2.33. The Bertz CT molecular complexity index is 799. The van der Waals surface area contributed by atoms with Crippen LogP contribution < -0.4 is 10.1 Å². The lowest BCUT2D eigenvalue weighted by Crippen LogP contribution is -2.24. The number of rotatable bonds is 6. The summed E-state index contributed by atoms with van der Waals surface area (Å²) in [7, 11) is 3.56. The highest BCUT2D eigenvalue weighted by molar-refractivity contribution is 5.68. The van der Waals surface area contributed by atoms with Gasteiger partial charge in [-0.25, -0.2) is 0 Å². The zero-order valence-corrected chi connectivity index (χ0v) is 14.0. The zero-order valence-electron chi connectivity index (χ0n) is 14.0. The normalized spacial score (nSPS) is 12.1. The first-order valence-electron chi connectivity index (χ1n) is 7.79. The molecule has 0 aliphatic heterocycles. The van der Waals surface area contributed by atoms with Crippen LogP contribution in [0.3, 0.4) is 0 Å². The molecule has 0 aliphatic rings. The minimum absolute atomic E-state index is 0.291. The van der Waals surface area contributed by atoms with Gasteiger partial charge in [0, 0.05) is 30.4 Å². The van der Waals surface area contributed by atoms with Crippen LogP contribution in [0.2, 0.25) is 0 Å². The first-order chi connectivity index (χ1) is 11.7. The molecule has 6 heteroatoms. The molecular formula is C18H20N4O2. The van der Waals surface area contributed by atoms with E-state index in [4.69, 9.17) is 9.26 Å². The van der Waals surface area contributed by atoms with Gasteiger partial charge in [-0.2, -0.15) is 4.98 Å². The molecule has 124 valence electrons. The molecule has 6 nitrogen and oxygen atoms in total. The summed E-state index contributed by atoms with van der Waals surface area (Å²) in [6, 6.07) is 10.1. The number of aromatic nitrogens is 3. The van der Waals surface area contributed by atoms with E-state index in [0.717, 1.165) is 22.4 Å². The number of likely N-dealkylation sites (N-methyl/N-ethyl adjacent to an activating group) is 1. The standard InChI is InChI=1S/C18H20N4O2/c1-12(19-2)8-17-21-18(24-22-17)15-9-14(10-20-11-15)13-4-6-16(23-3)7-5-13/h4-7,9-12,19H,8H2,1-3H3.